The predicted octanol–water partition coefficient (Wildman–Crippen LogP) is 4.15. The number of carbonyl (C=O) groups is 1. The number of hydrogen-bond donors (Lipinski definition) is 0. The SMILES string of the molecule is Cc1cccc(C)c1OC(=O)/C(=C/c1ccco1)n1nnnc1-c1ccccc1. The van der Waals surface area contributed by atoms with Crippen molar-refractivity contribution in [3.8, 4) is 17.1 Å². The second kappa shape index (κ2) is 7.93. The Morgan fingerprint density at radius 3 is 2.45 bits per heavy atom. The summed E-state index contributed by atoms with van der Waals surface area (Å²) in [5.41, 5.74) is 2.61. The molecule has 2 heterocycles. The summed E-state index contributed by atoms with van der Waals surface area (Å²) in [6.45, 7) is 3.77. The highest BCUT2D eigenvalue weighted by atomic mass is 16.5. The van der Waals surface area contributed by atoms with Crippen LogP contribution in [-0.2, 0) is 4.79 Å². The van der Waals surface area contributed by atoms with E-state index in [0.717, 1.165) is 16.7 Å². The number of nitrogens with zero attached hydrogens (tertiary/aromatic N) is 4. The first kappa shape index (κ1) is 18.4. The maximum Gasteiger partial charge on any atom is 0.362 e. The number of furan rings is 1. The van der Waals surface area contributed by atoms with Gasteiger partial charge in [0.25, 0.3) is 0 Å². The lowest BCUT2D eigenvalue weighted by Crippen LogP contribution is -2.18. The van der Waals surface area contributed by atoms with Crippen LogP contribution in [0.4, 0.5) is 0 Å². The van der Waals surface area contributed by atoms with E-state index in [1.54, 1.807) is 18.2 Å². The number of carbonyl (C=O) groups excluding carboxylic acids is 1. The van der Waals surface area contributed by atoms with Crippen molar-refractivity contribution in [1.82, 2.24) is 20.2 Å². The van der Waals surface area contributed by atoms with Gasteiger partial charge in [0.15, 0.2) is 11.5 Å². The Morgan fingerprint density at radius 2 is 1.76 bits per heavy atom. The van der Waals surface area contributed by atoms with Gasteiger partial charge in [0.2, 0.25) is 0 Å². The molecule has 0 atom stereocenters. The molecule has 4 rings (SSSR count). The molecule has 29 heavy (non-hydrogen) atoms. The normalized spacial score (nSPS) is 11.4. The standard InChI is InChI=1S/C22H18N4O3/c1-15-8-6-9-16(2)20(15)29-22(27)19(14-18-12-7-13-28-18)26-21(23-24-25-26)17-10-4-3-5-11-17/h3-14H,1-2H3/b19-14-. The Kier molecular flexibility index (Phi) is 5.03. The van der Waals surface area contributed by atoms with Crippen molar-refractivity contribution in [2.24, 2.45) is 0 Å². The van der Waals surface area contributed by atoms with E-state index >= 15 is 0 Å². The Bertz CT molecular complexity index is 1140. The van der Waals surface area contributed by atoms with Gasteiger partial charge < -0.3 is 9.15 Å². The molecule has 0 spiro atoms. The summed E-state index contributed by atoms with van der Waals surface area (Å²) in [6.07, 6.45) is 3.08. The third-order valence-corrected chi connectivity index (χ3v) is 4.36. The second-order valence-corrected chi connectivity index (χ2v) is 6.44. The quantitative estimate of drug-likeness (QED) is 0.291. The molecule has 4 aromatic rings. The summed E-state index contributed by atoms with van der Waals surface area (Å²) in [5, 5.41) is 11.9. The van der Waals surface area contributed by atoms with Crippen molar-refractivity contribution in [2.75, 3.05) is 0 Å². The number of aryl methyl sites for hydroxylation is 2. The molecule has 0 unspecified atom stereocenters. The number of para-hydroxylation sites is 1. The number of tetrazole rings is 1. The third-order valence-electron chi connectivity index (χ3n) is 4.36. The van der Waals surface area contributed by atoms with Crippen LogP contribution in [0.5, 0.6) is 5.75 Å². The minimum absolute atomic E-state index is 0.131. The van der Waals surface area contributed by atoms with Gasteiger partial charge in [0.1, 0.15) is 11.5 Å². The molecule has 0 N–H and O–H groups in total. The van der Waals surface area contributed by atoms with Crippen LogP contribution in [-0.4, -0.2) is 26.2 Å². The molecule has 0 bridgehead atoms. The van der Waals surface area contributed by atoms with E-state index in [9.17, 15) is 4.79 Å². The topological polar surface area (TPSA) is 83.0 Å². The van der Waals surface area contributed by atoms with E-state index in [-0.39, 0.29) is 5.70 Å². The van der Waals surface area contributed by atoms with Crippen LogP contribution in [0.2, 0.25) is 0 Å². The minimum atomic E-state index is -0.594. The predicted molar refractivity (Wildman–Crippen MR) is 108 cm³/mol. The fourth-order valence-corrected chi connectivity index (χ4v) is 2.94. The summed E-state index contributed by atoms with van der Waals surface area (Å²) < 4.78 is 12.5. The van der Waals surface area contributed by atoms with E-state index in [1.165, 1.54) is 10.9 Å². The summed E-state index contributed by atoms with van der Waals surface area (Å²) in [7, 11) is 0. The van der Waals surface area contributed by atoms with Gasteiger partial charge >= 0.3 is 5.97 Å². The van der Waals surface area contributed by atoms with Gasteiger partial charge in [-0.05, 0) is 47.5 Å². The zero-order valence-electron chi connectivity index (χ0n) is 15.9. The maximum absolute atomic E-state index is 13.2. The van der Waals surface area contributed by atoms with E-state index in [0.29, 0.717) is 17.3 Å². The average molecular weight is 386 g/mol. The lowest BCUT2D eigenvalue weighted by Gasteiger charge is -2.12. The number of benzene rings is 2. The molecule has 0 amide bonds. The first-order chi connectivity index (χ1) is 14.1. The largest absolute Gasteiger partial charge is 0.465 e. The Morgan fingerprint density at radius 1 is 1.00 bits per heavy atom. The molecule has 7 heteroatoms. The fraction of sp³-hybridized carbons (Fsp3) is 0.0909. The molecule has 0 aliphatic rings. The number of hydrogen-bond acceptors (Lipinski definition) is 6. The van der Waals surface area contributed by atoms with Crippen LogP contribution in [0.1, 0.15) is 16.9 Å². The molecule has 0 radical (unpaired) electrons. The smallest absolute Gasteiger partial charge is 0.362 e. The van der Waals surface area contributed by atoms with Crippen LogP contribution in [0.3, 0.4) is 0 Å². The van der Waals surface area contributed by atoms with Gasteiger partial charge in [0.05, 0.1) is 6.26 Å². The zero-order chi connectivity index (χ0) is 20.2. The van der Waals surface area contributed by atoms with Crippen LogP contribution in [0.25, 0.3) is 23.2 Å². The van der Waals surface area contributed by atoms with Gasteiger partial charge in [0, 0.05) is 11.6 Å². The Balaban J connectivity index is 1.79. The van der Waals surface area contributed by atoms with Gasteiger partial charge in [-0.2, -0.15) is 4.68 Å². The summed E-state index contributed by atoms with van der Waals surface area (Å²) >= 11 is 0. The molecule has 7 nitrogen and oxygen atoms in total. The van der Waals surface area contributed by atoms with E-state index in [1.807, 2.05) is 62.4 Å². The summed E-state index contributed by atoms with van der Waals surface area (Å²) in [5.74, 6) is 0.815. The third kappa shape index (κ3) is 3.84. The van der Waals surface area contributed by atoms with Crippen molar-refractivity contribution < 1.29 is 13.9 Å². The van der Waals surface area contributed by atoms with Gasteiger partial charge in [-0.15, -0.1) is 5.10 Å². The molecule has 0 saturated carbocycles. The van der Waals surface area contributed by atoms with Crippen LogP contribution >= 0.6 is 0 Å². The lowest BCUT2D eigenvalue weighted by atomic mass is 10.1. The van der Waals surface area contributed by atoms with E-state index in [4.69, 9.17) is 9.15 Å². The Labute approximate surface area is 167 Å². The van der Waals surface area contributed by atoms with Crippen LogP contribution in [0.15, 0.2) is 71.3 Å². The number of rotatable bonds is 5. The van der Waals surface area contributed by atoms with Crippen molar-refractivity contribution in [3.63, 3.8) is 0 Å². The van der Waals surface area contributed by atoms with E-state index in [2.05, 4.69) is 15.5 Å². The molecule has 0 aliphatic carbocycles. The molecule has 2 aromatic carbocycles. The monoisotopic (exact) mass is 386 g/mol. The van der Waals surface area contributed by atoms with Gasteiger partial charge in [-0.25, -0.2) is 4.79 Å². The second-order valence-electron chi connectivity index (χ2n) is 6.44. The molecule has 2 aromatic heterocycles. The van der Waals surface area contributed by atoms with Crippen molar-refractivity contribution in [1.29, 1.82) is 0 Å². The maximum atomic E-state index is 13.2. The zero-order valence-corrected chi connectivity index (χ0v) is 15.9. The van der Waals surface area contributed by atoms with Gasteiger partial charge in [-0.3, -0.25) is 0 Å². The lowest BCUT2D eigenvalue weighted by molar-refractivity contribution is -0.128. The van der Waals surface area contributed by atoms with Crippen LogP contribution < -0.4 is 4.74 Å². The van der Waals surface area contributed by atoms with Crippen molar-refractivity contribution >= 4 is 17.7 Å². The van der Waals surface area contributed by atoms with E-state index < -0.39 is 5.97 Å². The van der Waals surface area contributed by atoms with Crippen molar-refractivity contribution in [2.45, 2.75) is 13.8 Å². The summed E-state index contributed by atoms with van der Waals surface area (Å²) in [4.78, 5) is 13.2. The number of esters is 1. The highest BCUT2D eigenvalue weighted by Crippen LogP contribution is 2.26. The summed E-state index contributed by atoms with van der Waals surface area (Å²) in [6, 6.07) is 18.5. The molecular weight excluding hydrogens is 368 g/mol. The molecule has 0 aliphatic heterocycles. The molecular formula is C22H18N4O3. The molecule has 144 valence electrons. The Hall–Kier alpha value is -4.00. The molecule has 0 fully saturated rings. The highest BCUT2D eigenvalue weighted by molar-refractivity contribution is 6.16. The van der Waals surface area contributed by atoms with Gasteiger partial charge in [-0.1, -0.05) is 48.5 Å². The number of aromatic nitrogens is 4. The first-order valence-corrected chi connectivity index (χ1v) is 9.01. The molecule has 0 saturated heterocycles. The van der Waals surface area contributed by atoms with Crippen LogP contribution in [0, 0.1) is 13.8 Å². The van der Waals surface area contributed by atoms with Crippen molar-refractivity contribution in [3.05, 3.63) is 83.8 Å². The average Bonchev–Trinajstić information content (AvgIpc) is 3.41. The number of ether oxygens (including phenoxy) is 1. The highest BCUT2D eigenvalue weighted by Gasteiger charge is 2.22. The minimum Gasteiger partial charge on any atom is -0.465 e. The fourth-order valence-electron chi connectivity index (χ4n) is 2.94. The first-order valence-electron chi connectivity index (χ1n) is 9.01.